The normalized spacial score (nSPS) is 17.3. The fourth-order valence-electron chi connectivity index (χ4n) is 2.64. The van der Waals surface area contributed by atoms with E-state index in [9.17, 15) is 14.4 Å². The van der Waals surface area contributed by atoms with E-state index in [1.165, 1.54) is 6.08 Å². The van der Waals surface area contributed by atoms with Crippen molar-refractivity contribution in [1.82, 2.24) is 4.90 Å². The Balaban J connectivity index is 1.42. The van der Waals surface area contributed by atoms with E-state index in [1.54, 1.807) is 30.3 Å². The zero-order chi connectivity index (χ0) is 19.7. The second kappa shape index (κ2) is 7.87. The molecule has 0 bridgehead atoms. The molecule has 3 amide bonds. The van der Waals surface area contributed by atoms with Crippen LogP contribution in [0.4, 0.5) is 10.5 Å². The molecule has 1 fully saturated rings. The Morgan fingerprint density at radius 2 is 1.96 bits per heavy atom. The maximum Gasteiger partial charge on any atom is 0.294 e. The quantitative estimate of drug-likeness (QED) is 0.496. The Hall–Kier alpha value is -2.47. The summed E-state index contributed by atoms with van der Waals surface area (Å²) in [7, 11) is 0. The minimum Gasteiger partial charge on any atom is -0.486 e. The number of fused-ring (bicyclic) bond motifs is 1. The molecule has 1 aromatic carbocycles. The molecule has 1 aromatic heterocycles. The van der Waals surface area contributed by atoms with Crippen LogP contribution < -0.4 is 14.8 Å². The summed E-state index contributed by atoms with van der Waals surface area (Å²) in [6.45, 7) is 0.525. The van der Waals surface area contributed by atoms with Crippen molar-refractivity contribution in [2.75, 3.05) is 25.1 Å². The molecule has 1 N–H and O–H groups in total. The van der Waals surface area contributed by atoms with Crippen LogP contribution in [0.2, 0.25) is 0 Å². The highest BCUT2D eigenvalue weighted by Crippen LogP contribution is 2.34. The van der Waals surface area contributed by atoms with E-state index >= 15 is 0 Å². The monoisotopic (exact) mass is 512 g/mol. The summed E-state index contributed by atoms with van der Waals surface area (Å²) in [6.07, 6.45) is 1.49. The van der Waals surface area contributed by atoms with Crippen LogP contribution in [0.1, 0.15) is 5.76 Å². The Labute approximate surface area is 177 Å². The lowest BCUT2D eigenvalue weighted by Gasteiger charge is -2.19. The van der Waals surface area contributed by atoms with Gasteiger partial charge in [-0.15, -0.1) is 0 Å². The largest absolute Gasteiger partial charge is 0.486 e. The van der Waals surface area contributed by atoms with Crippen LogP contribution >= 0.6 is 34.4 Å². The summed E-state index contributed by atoms with van der Waals surface area (Å²) in [5.41, 5.74) is 0.488. The predicted molar refractivity (Wildman–Crippen MR) is 110 cm³/mol. The minimum absolute atomic E-state index is 0.211. The fraction of sp³-hybridized carbons (Fsp3) is 0.167. The highest BCUT2D eigenvalue weighted by Gasteiger charge is 2.36. The van der Waals surface area contributed by atoms with Crippen LogP contribution in [0.15, 0.2) is 39.7 Å². The van der Waals surface area contributed by atoms with E-state index < -0.39 is 17.1 Å². The van der Waals surface area contributed by atoms with Crippen LogP contribution in [0.3, 0.4) is 0 Å². The molecule has 1 saturated heterocycles. The number of nitrogens with zero attached hydrogens (tertiary/aromatic N) is 1. The van der Waals surface area contributed by atoms with E-state index in [0.717, 1.165) is 16.7 Å². The zero-order valence-corrected chi connectivity index (χ0v) is 17.2. The summed E-state index contributed by atoms with van der Waals surface area (Å²) in [5.74, 6) is 0.585. The van der Waals surface area contributed by atoms with Gasteiger partial charge in [-0.05, 0) is 58.6 Å². The van der Waals surface area contributed by atoms with Gasteiger partial charge in [-0.25, -0.2) is 0 Å². The number of carbonyl (C=O) groups is 3. The molecule has 2 aliphatic heterocycles. The predicted octanol–water partition coefficient (Wildman–Crippen LogP) is 3.33. The van der Waals surface area contributed by atoms with Gasteiger partial charge in [0.15, 0.2) is 15.3 Å². The molecule has 0 saturated carbocycles. The fourth-order valence-corrected chi connectivity index (χ4v) is 3.89. The molecule has 3 heterocycles. The number of thioether (sulfide) groups is 1. The van der Waals surface area contributed by atoms with Crippen molar-refractivity contribution in [2.24, 2.45) is 0 Å². The van der Waals surface area contributed by atoms with Gasteiger partial charge in [0.1, 0.15) is 25.5 Å². The van der Waals surface area contributed by atoms with Gasteiger partial charge in [0.25, 0.3) is 11.1 Å². The molecule has 0 unspecified atom stereocenters. The first-order valence-electron chi connectivity index (χ1n) is 8.20. The second-order valence-electron chi connectivity index (χ2n) is 5.82. The lowest BCUT2D eigenvalue weighted by Crippen LogP contribution is -2.36. The van der Waals surface area contributed by atoms with Crippen LogP contribution in [0, 0.1) is 3.77 Å². The Bertz CT molecular complexity index is 1000. The summed E-state index contributed by atoms with van der Waals surface area (Å²) in [4.78, 5) is 38.0. The number of imide groups is 1. The number of anilines is 1. The molecule has 10 heteroatoms. The second-order valence-corrected chi connectivity index (χ2v) is 7.87. The van der Waals surface area contributed by atoms with E-state index in [-0.39, 0.29) is 11.4 Å². The summed E-state index contributed by atoms with van der Waals surface area (Å²) < 4.78 is 17.0. The van der Waals surface area contributed by atoms with Crippen LogP contribution in [0.25, 0.3) is 6.08 Å². The number of amides is 3. The van der Waals surface area contributed by atoms with Crippen LogP contribution in [0.5, 0.6) is 11.5 Å². The third-order valence-electron chi connectivity index (χ3n) is 3.87. The minimum atomic E-state index is -0.529. The molecule has 2 aromatic rings. The number of nitrogens with one attached hydrogen (secondary N) is 1. The third-order valence-corrected chi connectivity index (χ3v) is 5.36. The molecule has 0 aliphatic carbocycles. The topological polar surface area (TPSA) is 98.1 Å². The van der Waals surface area contributed by atoms with Crippen molar-refractivity contribution in [1.29, 1.82) is 0 Å². The number of hydrogen-bond donors (Lipinski definition) is 1. The molecular weight excluding hydrogens is 499 g/mol. The highest BCUT2D eigenvalue weighted by molar-refractivity contribution is 14.1. The molecule has 2 aliphatic rings. The van der Waals surface area contributed by atoms with Gasteiger partial charge in [-0.2, -0.15) is 0 Å². The van der Waals surface area contributed by atoms with Crippen LogP contribution in [-0.2, 0) is 9.59 Å². The smallest absolute Gasteiger partial charge is 0.294 e. The molecule has 28 heavy (non-hydrogen) atoms. The zero-order valence-electron chi connectivity index (χ0n) is 14.3. The van der Waals surface area contributed by atoms with Crippen molar-refractivity contribution in [2.45, 2.75) is 0 Å². The van der Waals surface area contributed by atoms with Crippen molar-refractivity contribution in [3.8, 4) is 11.5 Å². The number of hydrogen-bond acceptors (Lipinski definition) is 7. The Morgan fingerprint density at radius 1 is 1.18 bits per heavy atom. The van der Waals surface area contributed by atoms with Crippen molar-refractivity contribution in [3.63, 3.8) is 0 Å². The average Bonchev–Trinajstić information content (AvgIpc) is 3.19. The first kappa shape index (κ1) is 18.9. The van der Waals surface area contributed by atoms with Crippen molar-refractivity contribution in [3.05, 3.63) is 44.8 Å². The molecule has 144 valence electrons. The summed E-state index contributed by atoms with van der Waals surface area (Å²) in [6, 6.07) is 8.44. The first-order valence-corrected chi connectivity index (χ1v) is 10.1. The average molecular weight is 512 g/mol. The van der Waals surface area contributed by atoms with Gasteiger partial charge in [0, 0.05) is 17.8 Å². The Morgan fingerprint density at radius 3 is 2.71 bits per heavy atom. The van der Waals surface area contributed by atoms with E-state index in [1.807, 2.05) is 22.6 Å². The van der Waals surface area contributed by atoms with Gasteiger partial charge in [0.2, 0.25) is 5.91 Å². The van der Waals surface area contributed by atoms with Gasteiger partial charge in [0.05, 0.1) is 4.91 Å². The number of ether oxygens (including phenoxy) is 2. The van der Waals surface area contributed by atoms with Crippen molar-refractivity contribution >= 4 is 63.2 Å². The molecule has 0 spiro atoms. The van der Waals surface area contributed by atoms with E-state index in [2.05, 4.69) is 5.32 Å². The number of benzene rings is 1. The lowest BCUT2D eigenvalue weighted by molar-refractivity contribution is -0.127. The van der Waals surface area contributed by atoms with Gasteiger partial charge < -0.3 is 19.2 Å². The third kappa shape index (κ3) is 4.02. The first-order chi connectivity index (χ1) is 13.5. The van der Waals surface area contributed by atoms with Crippen LogP contribution in [-0.4, -0.2) is 41.7 Å². The standard InChI is InChI=1S/C18H13IN2O6S/c19-15-4-2-11(27-15)8-14-17(23)21(18(24)28-14)9-16(22)20-10-1-3-12-13(7-10)26-6-5-25-12/h1-4,7-8H,5-6,9H2,(H,20,22)/b14-8-. The van der Waals surface area contributed by atoms with Gasteiger partial charge in [-0.1, -0.05) is 0 Å². The summed E-state index contributed by atoms with van der Waals surface area (Å²) in [5, 5.41) is 2.15. The van der Waals surface area contributed by atoms with E-state index in [4.69, 9.17) is 13.9 Å². The molecule has 8 nitrogen and oxygen atoms in total. The van der Waals surface area contributed by atoms with Gasteiger partial charge in [-0.3, -0.25) is 19.3 Å². The number of halogens is 1. The maximum atomic E-state index is 12.5. The maximum absolute atomic E-state index is 12.5. The molecule has 0 atom stereocenters. The highest BCUT2D eigenvalue weighted by atomic mass is 127. The van der Waals surface area contributed by atoms with E-state index in [0.29, 0.717) is 39.9 Å². The Kier molecular flexibility index (Phi) is 5.31. The number of furan rings is 1. The number of rotatable bonds is 4. The van der Waals surface area contributed by atoms with Crippen molar-refractivity contribution < 1.29 is 28.3 Å². The number of carbonyl (C=O) groups excluding carboxylic acids is 3. The SMILES string of the molecule is O=C(CN1C(=O)S/C(=C\c2ccc(I)o2)C1=O)Nc1ccc2c(c1)OCCO2. The lowest BCUT2D eigenvalue weighted by atomic mass is 10.2. The molecular formula is C18H13IN2O6S. The van der Waals surface area contributed by atoms with Gasteiger partial charge >= 0.3 is 0 Å². The summed E-state index contributed by atoms with van der Waals surface area (Å²) >= 11 is 2.78. The molecule has 0 radical (unpaired) electrons. The molecule has 4 rings (SSSR count).